The number of ether oxygens (including phenoxy) is 1. The second-order valence-electron chi connectivity index (χ2n) is 11.6. The summed E-state index contributed by atoms with van der Waals surface area (Å²) in [5, 5.41) is 3.17. The fraction of sp³-hybridized carbons (Fsp3) is 0.406. The number of benzene rings is 2. The van der Waals surface area contributed by atoms with Crippen LogP contribution < -0.4 is 16.0 Å². The highest BCUT2D eigenvalue weighted by atomic mass is 32.2. The van der Waals surface area contributed by atoms with Gasteiger partial charge in [-0.15, -0.1) is 0 Å². The van der Waals surface area contributed by atoms with Gasteiger partial charge < -0.3 is 15.8 Å². The van der Waals surface area contributed by atoms with E-state index in [9.17, 15) is 31.2 Å². The van der Waals surface area contributed by atoms with E-state index in [1.54, 1.807) is 0 Å². The molecular weight excluding hydrogens is 656 g/mol. The van der Waals surface area contributed by atoms with E-state index in [1.165, 1.54) is 20.7 Å². The molecule has 5 rings (SSSR count). The molecule has 0 spiro atoms. The highest BCUT2D eigenvalue weighted by Gasteiger charge is 2.40. The summed E-state index contributed by atoms with van der Waals surface area (Å²) in [5.74, 6) is -5.84. The third-order valence-electron chi connectivity index (χ3n) is 8.63. The molecule has 2 aliphatic heterocycles. The summed E-state index contributed by atoms with van der Waals surface area (Å²) in [6.45, 7) is 1.77. The Balaban J connectivity index is 1.49. The lowest BCUT2D eigenvalue weighted by Crippen LogP contribution is -2.57. The summed E-state index contributed by atoms with van der Waals surface area (Å²) in [5.41, 5.74) is 6.15. The zero-order chi connectivity index (χ0) is 34.6. The van der Waals surface area contributed by atoms with Gasteiger partial charge in [-0.2, -0.15) is 17.0 Å². The lowest BCUT2D eigenvalue weighted by molar-refractivity contribution is -0.119. The zero-order valence-corrected chi connectivity index (χ0v) is 26.9. The number of piperazine rings is 1. The first-order valence-corrected chi connectivity index (χ1v) is 16.8. The van der Waals surface area contributed by atoms with E-state index in [2.05, 4.69) is 10.3 Å². The van der Waals surface area contributed by atoms with Crippen LogP contribution in [0.25, 0.3) is 0 Å². The molecule has 3 N–H and O–H groups in total. The van der Waals surface area contributed by atoms with Gasteiger partial charge in [0.25, 0.3) is 16.1 Å². The van der Waals surface area contributed by atoms with Gasteiger partial charge in [-0.3, -0.25) is 9.78 Å². The molecular formula is C32H36F4N6O5S. The number of anilines is 1. The van der Waals surface area contributed by atoms with Crippen molar-refractivity contribution in [3.8, 4) is 0 Å². The van der Waals surface area contributed by atoms with Gasteiger partial charge in [0.05, 0.1) is 31.2 Å². The van der Waals surface area contributed by atoms with E-state index in [0.29, 0.717) is 37.1 Å². The van der Waals surface area contributed by atoms with Crippen molar-refractivity contribution in [3.63, 3.8) is 0 Å². The summed E-state index contributed by atoms with van der Waals surface area (Å²) in [7, 11) is -2.78. The summed E-state index contributed by atoms with van der Waals surface area (Å²) in [6.07, 6.45) is 2.25. The summed E-state index contributed by atoms with van der Waals surface area (Å²) in [6, 6.07) is 4.98. The number of halogens is 4. The number of methoxy groups -OCH3 is 1. The number of nitrogens with one attached hydrogen (secondary N) is 1. The van der Waals surface area contributed by atoms with Crippen LogP contribution in [0.2, 0.25) is 0 Å². The molecule has 1 aromatic heterocycles. The van der Waals surface area contributed by atoms with E-state index in [0.717, 1.165) is 56.6 Å². The number of aromatic nitrogens is 1. The molecule has 2 fully saturated rings. The Hall–Kier alpha value is -3.96. The molecule has 2 amide bonds. The maximum absolute atomic E-state index is 15.5. The van der Waals surface area contributed by atoms with Gasteiger partial charge in [0.15, 0.2) is 0 Å². The van der Waals surface area contributed by atoms with Crippen LogP contribution in [0, 0.1) is 23.3 Å². The number of amides is 2. The van der Waals surface area contributed by atoms with E-state index in [-0.39, 0.29) is 41.8 Å². The summed E-state index contributed by atoms with van der Waals surface area (Å²) >= 11 is 0. The lowest BCUT2D eigenvalue weighted by Gasteiger charge is -2.37. The number of pyridine rings is 1. The van der Waals surface area contributed by atoms with Gasteiger partial charge in [0.1, 0.15) is 23.3 Å². The number of hydrogen-bond donors (Lipinski definition) is 2. The maximum Gasteiger partial charge on any atom is 0.421 e. The van der Waals surface area contributed by atoms with Crippen molar-refractivity contribution >= 4 is 27.9 Å². The molecule has 3 aromatic rings. The Morgan fingerprint density at radius 3 is 2.31 bits per heavy atom. The average molecular weight is 693 g/mol. The zero-order valence-electron chi connectivity index (χ0n) is 26.1. The van der Waals surface area contributed by atoms with Crippen LogP contribution in [0.5, 0.6) is 0 Å². The number of nitrogens with two attached hydrogens (primary N) is 1. The minimum absolute atomic E-state index is 0.0773. The number of carbonyl (C=O) groups is 2. The quantitative estimate of drug-likeness (QED) is 0.309. The number of rotatable bonds is 10. The van der Waals surface area contributed by atoms with Crippen molar-refractivity contribution in [2.24, 2.45) is 5.73 Å². The van der Waals surface area contributed by atoms with Crippen LogP contribution in [0.1, 0.15) is 41.9 Å². The molecule has 3 heterocycles. The van der Waals surface area contributed by atoms with E-state index in [1.807, 2.05) is 0 Å². The van der Waals surface area contributed by atoms with Gasteiger partial charge in [0, 0.05) is 56.3 Å². The van der Waals surface area contributed by atoms with Gasteiger partial charge in [-0.25, -0.2) is 27.3 Å². The van der Waals surface area contributed by atoms with Gasteiger partial charge >= 0.3 is 6.09 Å². The first kappa shape index (κ1) is 35.3. The van der Waals surface area contributed by atoms with Gasteiger partial charge in [0.2, 0.25) is 0 Å². The molecule has 0 unspecified atom stereocenters. The second kappa shape index (κ2) is 15.1. The maximum atomic E-state index is 15.5. The van der Waals surface area contributed by atoms with Crippen molar-refractivity contribution in [1.82, 2.24) is 18.9 Å². The lowest BCUT2D eigenvalue weighted by atomic mass is 9.84. The van der Waals surface area contributed by atoms with Crippen molar-refractivity contribution in [2.45, 2.75) is 43.7 Å². The molecule has 16 heteroatoms. The predicted molar refractivity (Wildman–Crippen MR) is 168 cm³/mol. The third kappa shape index (κ3) is 7.52. The largest absolute Gasteiger partial charge is 0.452 e. The molecule has 2 saturated heterocycles. The van der Waals surface area contributed by atoms with Crippen molar-refractivity contribution in [1.29, 1.82) is 0 Å². The fourth-order valence-corrected chi connectivity index (χ4v) is 8.18. The van der Waals surface area contributed by atoms with Gasteiger partial charge in [-0.05, 0) is 61.1 Å². The Labute approximate surface area is 275 Å². The van der Waals surface area contributed by atoms with Crippen LogP contribution in [-0.4, -0.2) is 85.9 Å². The summed E-state index contributed by atoms with van der Waals surface area (Å²) in [4.78, 5) is 31.7. The molecule has 11 nitrogen and oxygen atoms in total. The molecule has 0 aliphatic carbocycles. The van der Waals surface area contributed by atoms with Crippen LogP contribution in [-0.2, 0) is 26.2 Å². The number of carbonyl (C=O) groups excluding carboxylic acids is 2. The minimum atomic E-state index is -3.78. The SMILES string of the molecule is COC(=O)N(C(=O)[C@@H](N)[C@@H](c1ccc(F)cc1)c1cc(F)cc(F)c1)c1cncc(F)c1CC[C@H]1CNCCN1S(=O)(=O)N1CCCC1. The molecule has 2 aromatic carbocycles. The van der Waals surface area contributed by atoms with E-state index >= 15 is 4.39 Å². The van der Waals surface area contributed by atoms with Gasteiger partial charge in [-0.1, -0.05) is 12.1 Å². The average Bonchev–Trinajstić information content (AvgIpc) is 3.61. The molecule has 3 atom stereocenters. The summed E-state index contributed by atoms with van der Waals surface area (Å²) < 4.78 is 92.7. The van der Waals surface area contributed by atoms with Crippen LogP contribution in [0.4, 0.5) is 28.0 Å². The smallest absolute Gasteiger partial charge is 0.421 e. The predicted octanol–water partition coefficient (Wildman–Crippen LogP) is 3.44. The Morgan fingerprint density at radius 1 is 1.00 bits per heavy atom. The number of imide groups is 1. The normalized spacial score (nSPS) is 18.8. The van der Waals surface area contributed by atoms with Crippen LogP contribution >= 0.6 is 0 Å². The van der Waals surface area contributed by atoms with Crippen molar-refractivity contribution < 1.29 is 40.3 Å². The standard InChI is InChI=1S/C32H36F4N6O5S/c1-47-32(44)42(31(43)30(37)29(20-4-6-22(33)7-5-20)21-14-23(34)16-24(35)15-21)28-19-39-18-27(36)26(28)9-8-25-17-38-10-13-41(25)48(45,46)40-11-2-3-12-40/h4-7,14-16,18-19,25,29-30,38H,2-3,8-13,17,37H2,1H3/t25-,29-,30-/m0/s1. The Kier molecular flexibility index (Phi) is 11.1. The van der Waals surface area contributed by atoms with E-state index < -0.39 is 63.5 Å². The second-order valence-corrected chi connectivity index (χ2v) is 13.5. The molecule has 258 valence electrons. The Morgan fingerprint density at radius 2 is 1.67 bits per heavy atom. The fourth-order valence-electron chi connectivity index (χ4n) is 6.28. The highest BCUT2D eigenvalue weighted by molar-refractivity contribution is 7.86. The molecule has 0 bridgehead atoms. The molecule has 0 radical (unpaired) electrons. The highest BCUT2D eigenvalue weighted by Crippen LogP contribution is 2.33. The number of nitrogens with zero attached hydrogens (tertiary/aromatic N) is 4. The first-order chi connectivity index (χ1) is 22.9. The molecule has 48 heavy (non-hydrogen) atoms. The Bertz CT molecular complexity index is 1720. The van der Waals surface area contributed by atoms with Crippen LogP contribution in [0.15, 0.2) is 54.9 Å². The third-order valence-corrected chi connectivity index (χ3v) is 10.7. The minimum Gasteiger partial charge on any atom is -0.452 e. The van der Waals surface area contributed by atoms with Crippen molar-refractivity contribution in [2.75, 3.05) is 44.7 Å². The number of hydrogen-bond acceptors (Lipinski definition) is 8. The molecule has 0 saturated carbocycles. The van der Waals surface area contributed by atoms with E-state index in [4.69, 9.17) is 10.5 Å². The van der Waals surface area contributed by atoms with Crippen LogP contribution in [0.3, 0.4) is 0 Å². The van der Waals surface area contributed by atoms with Crippen molar-refractivity contribution in [3.05, 3.63) is 94.8 Å². The molecule has 2 aliphatic rings. The topological polar surface area (TPSA) is 138 Å². The first-order valence-electron chi connectivity index (χ1n) is 15.4. The monoisotopic (exact) mass is 692 g/mol.